The third-order valence-corrected chi connectivity index (χ3v) is 9.43. The van der Waals surface area contributed by atoms with Gasteiger partial charge in [-0.05, 0) is 100 Å². The first-order chi connectivity index (χ1) is 23.2. The van der Waals surface area contributed by atoms with Gasteiger partial charge in [-0.25, -0.2) is 9.78 Å². The van der Waals surface area contributed by atoms with Crippen LogP contribution >= 0.6 is 0 Å². The number of benzene rings is 2. The Morgan fingerprint density at radius 2 is 1.81 bits per heavy atom. The lowest BCUT2D eigenvalue weighted by Crippen LogP contribution is -2.37. The van der Waals surface area contributed by atoms with E-state index >= 15 is 0 Å². The first-order valence-electron chi connectivity index (χ1n) is 16.8. The van der Waals surface area contributed by atoms with Gasteiger partial charge in [-0.15, -0.1) is 0 Å². The zero-order valence-corrected chi connectivity index (χ0v) is 28.4. The highest BCUT2D eigenvalue weighted by molar-refractivity contribution is 5.93. The molecule has 1 amide bonds. The van der Waals surface area contributed by atoms with E-state index in [0.29, 0.717) is 6.54 Å². The highest BCUT2D eigenvalue weighted by Crippen LogP contribution is 2.40. The molecule has 5 aromatic rings. The van der Waals surface area contributed by atoms with Crippen molar-refractivity contribution in [2.45, 2.75) is 83.4 Å². The van der Waals surface area contributed by atoms with Crippen LogP contribution in [0.2, 0.25) is 0 Å². The standard InChI is InChI=1S/C39H43N5O4/c1-39(2,3)48-38(45)41-28-16-14-26(20-28)32-19-15-27(22-40-32)35-37-33(44(43-35)23-24-12-17-29(46-4)18-13-24)21-34(47-5)36(42-37)31-11-7-9-25-8-6-10-30(25)31/h7,9,11-13,15,17-19,21-22,26,28H,6,8,10,14,16,20,23H2,1-5H3,(H,41,45). The van der Waals surface area contributed by atoms with Crippen molar-refractivity contribution in [3.05, 3.63) is 89.2 Å². The fraction of sp³-hybridized carbons (Fsp3) is 0.385. The van der Waals surface area contributed by atoms with Crippen molar-refractivity contribution in [3.63, 3.8) is 0 Å². The van der Waals surface area contributed by atoms with Crippen molar-refractivity contribution in [2.24, 2.45) is 0 Å². The molecule has 3 aromatic heterocycles. The van der Waals surface area contributed by atoms with Gasteiger partial charge in [0.25, 0.3) is 0 Å². The SMILES string of the molecule is COc1ccc(Cn2nc(-c3ccc(C4CCC(NC(=O)OC(C)(C)C)C4)nc3)c3nc(-c4cccc5c4CCC5)c(OC)cc32)cc1. The minimum absolute atomic E-state index is 0.0703. The number of nitrogens with one attached hydrogen (secondary N) is 1. The van der Waals surface area contributed by atoms with Gasteiger partial charge in [0, 0.05) is 41.0 Å². The molecule has 1 N–H and O–H groups in total. The highest BCUT2D eigenvalue weighted by atomic mass is 16.6. The van der Waals surface area contributed by atoms with E-state index in [4.69, 9.17) is 29.3 Å². The summed E-state index contributed by atoms with van der Waals surface area (Å²) in [7, 11) is 3.38. The number of amides is 1. The molecule has 3 heterocycles. The van der Waals surface area contributed by atoms with Gasteiger partial charge < -0.3 is 19.5 Å². The van der Waals surface area contributed by atoms with E-state index in [2.05, 4.69) is 53.8 Å². The number of fused-ring (bicyclic) bond motifs is 2. The maximum atomic E-state index is 12.3. The number of aryl methyl sites for hydroxylation is 1. The van der Waals surface area contributed by atoms with E-state index in [1.165, 1.54) is 11.1 Å². The topological polar surface area (TPSA) is 100 Å². The number of hydrogen-bond donors (Lipinski definition) is 1. The maximum absolute atomic E-state index is 12.3. The Morgan fingerprint density at radius 1 is 0.979 bits per heavy atom. The Bertz CT molecular complexity index is 1940. The van der Waals surface area contributed by atoms with E-state index in [0.717, 1.165) is 94.8 Å². The van der Waals surface area contributed by atoms with Crippen molar-refractivity contribution in [1.29, 1.82) is 0 Å². The molecule has 1 fully saturated rings. The summed E-state index contributed by atoms with van der Waals surface area (Å²) in [6, 6.07) is 20.9. The number of nitrogens with zero attached hydrogens (tertiary/aromatic N) is 4. The number of alkyl carbamates (subject to hydrolysis) is 1. The number of hydrogen-bond acceptors (Lipinski definition) is 7. The van der Waals surface area contributed by atoms with Crippen LogP contribution in [0.25, 0.3) is 33.5 Å². The molecule has 2 aliphatic rings. The molecule has 2 aliphatic carbocycles. The lowest BCUT2D eigenvalue weighted by molar-refractivity contribution is 0.0505. The van der Waals surface area contributed by atoms with Crippen LogP contribution in [0.15, 0.2) is 66.9 Å². The summed E-state index contributed by atoms with van der Waals surface area (Å²) in [5, 5.41) is 8.19. The van der Waals surface area contributed by atoms with Gasteiger partial charge >= 0.3 is 6.09 Å². The molecule has 2 unspecified atom stereocenters. The Balaban J connectivity index is 1.23. The first kappa shape index (κ1) is 31.7. The second-order valence-corrected chi connectivity index (χ2v) is 13.9. The maximum Gasteiger partial charge on any atom is 0.407 e. The van der Waals surface area contributed by atoms with Gasteiger partial charge in [0.15, 0.2) is 0 Å². The minimum Gasteiger partial charge on any atom is -0.497 e. The Morgan fingerprint density at radius 3 is 2.54 bits per heavy atom. The molecule has 2 aromatic carbocycles. The third kappa shape index (κ3) is 6.46. The van der Waals surface area contributed by atoms with E-state index in [9.17, 15) is 4.79 Å². The lowest BCUT2D eigenvalue weighted by Gasteiger charge is -2.21. The van der Waals surface area contributed by atoms with E-state index < -0.39 is 5.60 Å². The molecule has 0 aliphatic heterocycles. The summed E-state index contributed by atoms with van der Waals surface area (Å²) in [4.78, 5) is 22.6. The molecule has 248 valence electrons. The molecule has 2 atom stereocenters. The highest BCUT2D eigenvalue weighted by Gasteiger charge is 2.30. The summed E-state index contributed by atoms with van der Waals surface area (Å²) in [5.74, 6) is 1.81. The summed E-state index contributed by atoms with van der Waals surface area (Å²) in [6.07, 6.45) is 7.51. The number of methoxy groups -OCH3 is 2. The zero-order valence-electron chi connectivity index (χ0n) is 28.4. The summed E-state index contributed by atoms with van der Waals surface area (Å²) in [5.41, 5.74) is 9.70. The van der Waals surface area contributed by atoms with Gasteiger partial charge in [-0.1, -0.05) is 30.3 Å². The molecule has 0 bridgehead atoms. The van der Waals surface area contributed by atoms with Crippen LogP contribution in [-0.2, 0) is 24.1 Å². The van der Waals surface area contributed by atoms with Crippen LogP contribution in [0.5, 0.6) is 11.5 Å². The molecule has 0 radical (unpaired) electrons. The summed E-state index contributed by atoms with van der Waals surface area (Å²) in [6.45, 7) is 6.19. The number of carbonyl (C=O) groups is 1. The number of pyridine rings is 2. The molecule has 7 rings (SSSR count). The first-order valence-corrected chi connectivity index (χ1v) is 16.8. The van der Waals surface area contributed by atoms with Crippen molar-refractivity contribution in [2.75, 3.05) is 14.2 Å². The Kier molecular flexibility index (Phi) is 8.54. The van der Waals surface area contributed by atoms with Crippen LogP contribution in [0.3, 0.4) is 0 Å². The predicted octanol–water partition coefficient (Wildman–Crippen LogP) is 7.88. The molecule has 0 spiro atoms. The quantitative estimate of drug-likeness (QED) is 0.183. The van der Waals surface area contributed by atoms with Crippen molar-refractivity contribution in [1.82, 2.24) is 25.1 Å². The fourth-order valence-corrected chi connectivity index (χ4v) is 7.13. The van der Waals surface area contributed by atoms with Gasteiger partial charge in [0.2, 0.25) is 0 Å². The largest absolute Gasteiger partial charge is 0.497 e. The smallest absolute Gasteiger partial charge is 0.407 e. The molecule has 0 saturated heterocycles. The second-order valence-electron chi connectivity index (χ2n) is 13.9. The Hall–Kier alpha value is -4.92. The molecule has 1 saturated carbocycles. The molecule has 9 heteroatoms. The molecular formula is C39H43N5O4. The predicted molar refractivity (Wildman–Crippen MR) is 187 cm³/mol. The Labute approximate surface area is 281 Å². The minimum atomic E-state index is -0.521. The monoisotopic (exact) mass is 645 g/mol. The van der Waals surface area contributed by atoms with Gasteiger partial charge in [-0.3, -0.25) is 9.67 Å². The molecule has 9 nitrogen and oxygen atoms in total. The van der Waals surface area contributed by atoms with Crippen LogP contribution in [0, 0.1) is 0 Å². The van der Waals surface area contributed by atoms with Crippen LogP contribution < -0.4 is 14.8 Å². The number of rotatable bonds is 8. The summed E-state index contributed by atoms with van der Waals surface area (Å²) >= 11 is 0. The number of aromatic nitrogens is 4. The second kappa shape index (κ2) is 12.9. The van der Waals surface area contributed by atoms with Gasteiger partial charge in [0.05, 0.1) is 26.3 Å². The van der Waals surface area contributed by atoms with Crippen LogP contribution in [-0.4, -0.2) is 51.7 Å². The molecular weight excluding hydrogens is 602 g/mol. The normalized spacial score (nSPS) is 17.4. The number of ether oxygens (including phenoxy) is 3. The van der Waals surface area contributed by atoms with E-state index in [1.54, 1.807) is 14.2 Å². The average Bonchev–Trinajstić information content (AvgIpc) is 3.83. The van der Waals surface area contributed by atoms with Crippen molar-refractivity contribution in [3.8, 4) is 34.0 Å². The van der Waals surface area contributed by atoms with Gasteiger partial charge in [-0.2, -0.15) is 5.10 Å². The van der Waals surface area contributed by atoms with E-state index in [1.807, 2.05) is 43.8 Å². The zero-order chi connectivity index (χ0) is 33.4. The average molecular weight is 646 g/mol. The molecule has 48 heavy (non-hydrogen) atoms. The van der Waals surface area contributed by atoms with E-state index in [-0.39, 0.29) is 18.1 Å². The third-order valence-electron chi connectivity index (χ3n) is 9.43. The van der Waals surface area contributed by atoms with Crippen LogP contribution in [0.4, 0.5) is 4.79 Å². The summed E-state index contributed by atoms with van der Waals surface area (Å²) < 4.78 is 18.8. The number of carbonyl (C=O) groups excluding carboxylic acids is 1. The fourth-order valence-electron chi connectivity index (χ4n) is 7.13. The lowest BCUT2D eigenvalue weighted by atomic mass is 9.99. The van der Waals surface area contributed by atoms with Crippen molar-refractivity contribution < 1.29 is 19.0 Å². The van der Waals surface area contributed by atoms with Gasteiger partial charge in [0.1, 0.15) is 34.0 Å². The van der Waals surface area contributed by atoms with Crippen LogP contribution in [0.1, 0.15) is 74.8 Å². The van der Waals surface area contributed by atoms with Crippen molar-refractivity contribution >= 4 is 17.1 Å².